The van der Waals surface area contributed by atoms with Crippen molar-refractivity contribution in [2.24, 2.45) is 5.73 Å². The number of hydrogen-bond donors (Lipinski definition) is 3. The van der Waals surface area contributed by atoms with Crippen LogP contribution < -0.4 is 16.2 Å². The van der Waals surface area contributed by atoms with Crippen molar-refractivity contribution in [3.05, 3.63) is 23.8 Å². The standard InChI is InChI=1S/C13H21N3O4S/c1-2-7-20-8-3-6-16-21(18,19)12-5-4-10(13(15)17)9-11(12)14/h4-5,9,16H,2-3,6-8,14H2,1H3,(H2,15,17). The van der Waals surface area contributed by atoms with E-state index < -0.39 is 15.9 Å². The molecule has 1 rings (SSSR count). The first-order chi connectivity index (χ1) is 9.88. The normalized spacial score (nSPS) is 11.5. The van der Waals surface area contributed by atoms with Gasteiger partial charge in [0.25, 0.3) is 0 Å². The molecule has 0 bridgehead atoms. The summed E-state index contributed by atoms with van der Waals surface area (Å²) in [5.41, 5.74) is 10.9. The van der Waals surface area contributed by atoms with Crippen molar-refractivity contribution < 1.29 is 17.9 Å². The minimum absolute atomic E-state index is 0.0129. The molecule has 0 spiro atoms. The Hall–Kier alpha value is -1.64. The molecule has 8 heteroatoms. The number of rotatable bonds is 9. The number of hydrogen-bond acceptors (Lipinski definition) is 5. The average Bonchev–Trinajstić information content (AvgIpc) is 2.42. The van der Waals surface area contributed by atoms with E-state index in [1.807, 2.05) is 6.92 Å². The van der Waals surface area contributed by atoms with Crippen LogP contribution in [0.5, 0.6) is 0 Å². The van der Waals surface area contributed by atoms with Gasteiger partial charge in [0.15, 0.2) is 0 Å². The minimum atomic E-state index is -3.71. The summed E-state index contributed by atoms with van der Waals surface area (Å²) in [7, 11) is -3.71. The van der Waals surface area contributed by atoms with Crippen LogP contribution in [0.3, 0.4) is 0 Å². The minimum Gasteiger partial charge on any atom is -0.398 e. The Labute approximate surface area is 124 Å². The Bertz CT molecular complexity index is 587. The molecule has 0 unspecified atom stereocenters. The van der Waals surface area contributed by atoms with Gasteiger partial charge >= 0.3 is 0 Å². The molecule has 0 aliphatic rings. The molecule has 0 aliphatic carbocycles. The molecule has 0 heterocycles. The fraction of sp³-hybridized carbons (Fsp3) is 0.462. The highest BCUT2D eigenvalue weighted by Crippen LogP contribution is 2.19. The third kappa shape index (κ3) is 5.33. The summed E-state index contributed by atoms with van der Waals surface area (Å²) in [4.78, 5) is 10.9. The van der Waals surface area contributed by atoms with Crippen LogP contribution in [0.1, 0.15) is 30.1 Å². The fourth-order valence-corrected chi connectivity index (χ4v) is 2.84. The highest BCUT2D eigenvalue weighted by Gasteiger charge is 2.17. The summed E-state index contributed by atoms with van der Waals surface area (Å²) in [6.07, 6.45) is 1.49. The van der Waals surface area contributed by atoms with E-state index in [1.165, 1.54) is 18.2 Å². The predicted molar refractivity (Wildman–Crippen MR) is 80.3 cm³/mol. The zero-order valence-electron chi connectivity index (χ0n) is 12.0. The molecule has 0 aliphatic heterocycles. The van der Waals surface area contributed by atoms with E-state index in [4.69, 9.17) is 16.2 Å². The Morgan fingerprint density at radius 2 is 2.05 bits per heavy atom. The van der Waals surface area contributed by atoms with Gasteiger partial charge in [-0.2, -0.15) is 0 Å². The summed E-state index contributed by atoms with van der Waals surface area (Å²) in [5, 5.41) is 0. The SMILES string of the molecule is CCCOCCCNS(=O)(=O)c1ccc(C(N)=O)cc1N. The Morgan fingerprint density at radius 1 is 1.33 bits per heavy atom. The molecule has 0 saturated carbocycles. The van der Waals surface area contributed by atoms with Crippen LogP contribution in [0, 0.1) is 0 Å². The highest BCUT2D eigenvalue weighted by atomic mass is 32.2. The smallest absolute Gasteiger partial charge is 0.248 e. The Kier molecular flexibility index (Phi) is 6.60. The summed E-state index contributed by atoms with van der Waals surface area (Å²) in [6.45, 7) is 3.41. The van der Waals surface area contributed by atoms with Crippen molar-refractivity contribution in [1.29, 1.82) is 0 Å². The molecule has 21 heavy (non-hydrogen) atoms. The number of nitrogen functional groups attached to an aromatic ring is 1. The van der Waals surface area contributed by atoms with Crippen molar-refractivity contribution in [3.8, 4) is 0 Å². The third-order valence-corrected chi connectivity index (χ3v) is 4.22. The van der Waals surface area contributed by atoms with Gasteiger partial charge in [0.05, 0.1) is 5.69 Å². The first-order valence-corrected chi connectivity index (χ1v) is 8.13. The second-order valence-corrected chi connectivity index (χ2v) is 6.22. The Balaban J connectivity index is 2.64. The van der Waals surface area contributed by atoms with E-state index in [0.29, 0.717) is 19.6 Å². The molecular formula is C13H21N3O4S. The largest absolute Gasteiger partial charge is 0.398 e. The van der Waals surface area contributed by atoms with Gasteiger partial charge in [-0.05, 0) is 31.0 Å². The lowest BCUT2D eigenvalue weighted by atomic mass is 10.2. The lowest BCUT2D eigenvalue weighted by Gasteiger charge is -2.10. The van der Waals surface area contributed by atoms with Crippen molar-refractivity contribution in [1.82, 2.24) is 4.72 Å². The van der Waals surface area contributed by atoms with Crippen LogP contribution in [0.4, 0.5) is 5.69 Å². The lowest BCUT2D eigenvalue weighted by molar-refractivity contribution is 0.1000. The second kappa shape index (κ2) is 7.96. The van der Waals surface area contributed by atoms with Gasteiger partial charge in [0.2, 0.25) is 15.9 Å². The maximum Gasteiger partial charge on any atom is 0.248 e. The number of sulfonamides is 1. The van der Waals surface area contributed by atoms with Gasteiger partial charge < -0.3 is 16.2 Å². The van der Waals surface area contributed by atoms with Crippen LogP contribution in [-0.4, -0.2) is 34.1 Å². The van der Waals surface area contributed by atoms with Crippen molar-refractivity contribution in [3.63, 3.8) is 0 Å². The zero-order valence-corrected chi connectivity index (χ0v) is 12.8. The molecule has 118 valence electrons. The van der Waals surface area contributed by atoms with Crippen LogP contribution in [0.15, 0.2) is 23.1 Å². The van der Waals surface area contributed by atoms with Crippen LogP contribution in [-0.2, 0) is 14.8 Å². The third-order valence-electron chi connectivity index (χ3n) is 2.69. The molecule has 1 aromatic rings. The van der Waals surface area contributed by atoms with E-state index in [9.17, 15) is 13.2 Å². The van der Waals surface area contributed by atoms with Crippen LogP contribution in [0.25, 0.3) is 0 Å². The van der Waals surface area contributed by atoms with Gasteiger partial charge in [-0.3, -0.25) is 4.79 Å². The van der Waals surface area contributed by atoms with Crippen molar-refractivity contribution in [2.75, 3.05) is 25.5 Å². The van der Waals surface area contributed by atoms with Gasteiger partial charge in [0, 0.05) is 25.3 Å². The fourth-order valence-electron chi connectivity index (χ4n) is 1.65. The Morgan fingerprint density at radius 3 is 2.62 bits per heavy atom. The monoisotopic (exact) mass is 315 g/mol. The molecule has 1 amide bonds. The summed E-state index contributed by atoms with van der Waals surface area (Å²) in [5.74, 6) is -0.660. The molecule has 0 saturated heterocycles. The van der Waals surface area contributed by atoms with E-state index in [1.54, 1.807) is 0 Å². The average molecular weight is 315 g/mol. The molecule has 0 fully saturated rings. The zero-order chi connectivity index (χ0) is 15.9. The van der Waals surface area contributed by atoms with Gasteiger partial charge in [0.1, 0.15) is 4.90 Å². The number of nitrogens with two attached hydrogens (primary N) is 2. The van der Waals surface area contributed by atoms with Crippen LogP contribution >= 0.6 is 0 Å². The number of ether oxygens (including phenoxy) is 1. The predicted octanol–water partition coefficient (Wildman–Crippen LogP) is 0.463. The van der Waals surface area contributed by atoms with E-state index in [-0.39, 0.29) is 22.7 Å². The number of amides is 1. The number of nitrogens with one attached hydrogen (secondary N) is 1. The molecule has 0 atom stereocenters. The number of anilines is 1. The second-order valence-electron chi connectivity index (χ2n) is 4.48. The van der Waals surface area contributed by atoms with Crippen molar-refractivity contribution in [2.45, 2.75) is 24.7 Å². The van der Waals surface area contributed by atoms with Gasteiger partial charge in [-0.15, -0.1) is 0 Å². The maximum atomic E-state index is 12.1. The lowest BCUT2D eigenvalue weighted by Crippen LogP contribution is -2.26. The van der Waals surface area contributed by atoms with Gasteiger partial charge in [-0.1, -0.05) is 6.92 Å². The van der Waals surface area contributed by atoms with E-state index >= 15 is 0 Å². The maximum absolute atomic E-state index is 12.1. The molecule has 1 aromatic carbocycles. The summed E-state index contributed by atoms with van der Waals surface area (Å²) >= 11 is 0. The summed E-state index contributed by atoms with van der Waals surface area (Å²) < 4.78 is 31.8. The molecule has 0 aromatic heterocycles. The highest BCUT2D eigenvalue weighted by molar-refractivity contribution is 7.89. The van der Waals surface area contributed by atoms with Gasteiger partial charge in [-0.25, -0.2) is 13.1 Å². The number of carbonyl (C=O) groups excluding carboxylic acids is 1. The molecular weight excluding hydrogens is 294 g/mol. The van der Waals surface area contributed by atoms with Crippen molar-refractivity contribution >= 4 is 21.6 Å². The molecule has 7 nitrogen and oxygen atoms in total. The topological polar surface area (TPSA) is 125 Å². The quantitative estimate of drug-likeness (QED) is 0.451. The van der Waals surface area contributed by atoms with E-state index in [2.05, 4.69) is 4.72 Å². The molecule has 5 N–H and O–H groups in total. The number of primary amides is 1. The van der Waals surface area contributed by atoms with Crippen LogP contribution in [0.2, 0.25) is 0 Å². The first-order valence-electron chi connectivity index (χ1n) is 6.65. The number of carbonyl (C=O) groups is 1. The first kappa shape index (κ1) is 17.4. The summed E-state index contributed by atoms with van der Waals surface area (Å²) in [6, 6.07) is 3.85. The molecule has 0 radical (unpaired) electrons. The number of benzene rings is 1. The van der Waals surface area contributed by atoms with E-state index in [0.717, 1.165) is 6.42 Å².